The maximum Gasteiger partial charge on any atom is 0.252 e. The lowest BCUT2D eigenvalue weighted by atomic mass is 10.0. The fraction of sp³-hybridized carbons (Fsp3) is 0.300. The lowest BCUT2D eigenvalue weighted by molar-refractivity contribution is 0.0922. The molecule has 0 aliphatic heterocycles. The largest absolute Gasteiger partial charge is 0.497 e. The molecule has 6 heteroatoms. The van der Waals surface area contributed by atoms with Crippen LogP contribution in [0.5, 0.6) is 11.5 Å². The van der Waals surface area contributed by atoms with Gasteiger partial charge in [0, 0.05) is 11.6 Å². The fourth-order valence-corrected chi connectivity index (χ4v) is 2.83. The zero-order valence-electron chi connectivity index (χ0n) is 15.4. The second kappa shape index (κ2) is 7.47. The van der Waals surface area contributed by atoms with Crippen LogP contribution in [0.4, 0.5) is 0 Å². The number of carbonyl (C=O) groups is 1. The Morgan fingerprint density at radius 1 is 1.08 bits per heavy atom. The Kier molecular flexibility index (Phi) is 5.11. The number of carbonyl (C=O) groups excluding carboxylic acids is 1. The summed E-state index contributed by atoms with van der Waals surface area (Å²) in [5, 5.41) is 3.07. The molecule has 2 N–H and O–H groups in total. The lowest BCUT2D eigenvalue weighted by Crippen LogP contribution is -2.32. The van der Waals surface area contributed by atoms with Crippen LogP contribution in [0.1, 0.15) is 36.1 Å². The minimum Gasteiger partial charge on any atom is -0.497 e. The summed E-state index contributed by atoms with van der Waals surface area (Å²) >= 11 is 0. The van der Waals surface area contributed by atoms with Gasteiger partial charge in [-0.25, -0.2) is 4.98 Å². The number of nitrogens with zero attached hydrogens (tertiary/aromatic N) is 1. The molecule has 1 atom stereocenters. The van der Waals surface area contributed by atoms with Crippen LogP contribution in [0.2, 0.25) is 0 Å². The second-order valence-corrected chi connectivity index (χ2v) is 6.44. The minimum atomic E-state index is -0.243. The van der Waals surface area contributed by atoms with Crippen molar-refractivity contribution >= 4 is 16.9 Å². The van der Waals surface area contributed by atoms with E-state index in [1.165, 1.54) is 0 Å². The van der Waals surface area contributed by atoms with Gasteiger partial charge in [0.25, 0.3) is 5.91 Å². The standard InChI is InChI=1S/C20H23N3O3/c1-12(2)18(19-21-16-7-5-6-8-17(16)22-19)23-20(24)13-9-14(25-3)11-15(10-13)26-4/h5-12,18H,1-4H3,(H,21,22)(H,23,24). The molecule has 0 aliphatic carbocycles. The number of benzene rings is 2. The van der Waals surface area contributed by atoms with E-state index in [0.717, 1.165) is 16.9 Å². The molecule has 0 aliphatic rings. The third kappa shape index (κ3) is 3.64. The Hall–Kier alpha value is -3.02. The normalized spacial score (nSPS) is 12.2. The molecule has 3 aromatic rings. The smallest absolute Gasteiger partial charge is 0.252 e. The topological polar surface area (TPSA) is 76.2 Å². The van der Waals surface area contributed by atoms with E-state index in [-0.39, 0.29) is 17.9 Å². The number of aromatic amines is 1. The van der Waals surface area contributed by atoms with Gasteiger partial charge in [-0.2, -0.15) is 0 Å². The molecule has 3 rings (SSSR count). The number of rotatable bonds is 6. The highest BCUT2D eigenvalue weighted by molar-refractivity contribution is 5.95. The molecule has 26 heavy (non-hydrogen) atoms. The predicted octanol–water partition coefficient (Wildman–Crippen LogP) is 3.71. The van der Waals surface area contributed by atoms with E-state index >= 15 is 0 Å². The Morgan fingerprint density at radius 2 is 1.73 bits per heavy atom. The molecule has 0 radical (unpaired) electrons. The summed E-state index contributed by atoms with van der Waals surface area (Å²) in [4.78, 5) is 20.8. The number of hydrogen-bond acceptors (Lipinski definition) is 4. The Morgan fingerprint density at radius 3 is 2.31 bits per heavy atom. The van der Waals surface area contributed by atoms with Crippen molar-refractivity contribution in [1.82, 2.24) is 15.3 Å². The summed E-state index contributed by atoms with van der Waals surface area (Å²) in [7, 11) is 3.11. The third-order valence-corrected chi connectivity index (χ3v) is 4.27. The van der Waals surface area contributed by atoms with Crippen LogP contribution in [-0.2, 0) is 0 Å². The molecule has 0 bridgehead atoms. The molecule has 0 fully saturated rings. The van der Waals surface area contributed by atoms with E-state index in [4.69, 9.17) is 9.47 Å². The highest BCUT2D eigenvalue weighted by Gasteiger charge is 2.23. The van der Waals surface area contributed by atoms with Crippen molar-refractivity contribution in [3.8, 4) is 11.5 Å². The van der Waals surface area contributed by atoms with Crippen molar-refractivity contribution in [2.45, 2.75) is 19.9 Å². The predicted molar refractivity (Wildman–Crippen MR) is 101 cm³/mol. The number of aromatic nitrogens is 2. The Bertz CT molecular complexity index is 862. The number of fused-ring (bicyclic) bond motifs is 1. The first kappa shape index (κ1) is 17.8. The van der Waals surface area contributed by atoms with Crippen LogP contribution >= 0.6 is 0 Å². The van der Waals surface area contributed by atoms with Crippen molar-refractivity contribution in [2.75, 3.05) is 14.2 Å². The Balaban J connectivity index is 1.89. The lowest BCUT2D eigenvalue weighted by Gasteiger charge is -2.20. The average molecular weight is 353 g/mol. The van der Waals surface area contributed by atoms with Gasteiger partial charge in [0.1, 0.15) is 17.3 Å². The van der Waals surface area contributed by atoms with E-state index < -0.39 is 0 Å². The number of imidazole rings is 1. The molecule has 6 nitrogen and oxygen atoms in total. The molecular formula is C20H23N3O3. The summed E-state index contributed by atoms with van der Waals surface area (Å²) in [6.07, 6.45) is 0. The second-order valence-electron chi connectivity index (χ2n) is 6.44. The van der Waals surface area contributed by atoms with Crippen LogP contribution in [0.3, 0.4) is 0 Å². The SMILES string of the molecule is COc1cc(OC)cc(C(=O)NC(c2nc3ccccc3[nH]2)C(C)C)c1. The highest BCUT2D eigenvalue weighted by atomic mass is 16.5. The van der Waals surface area contributed by atoms with E-state index in [1.807, 2.05) is 38.1 Å². The molecule has 1 aromatic heterocycles. The Labute approximate surface area is 152 Å². The van der Waals surface area contributed by atoms with E-state index in [0.29, 0.717) is 17.1 Å². The van der Waals surface area contributed by atoms with Gasteiger partial charge in [-0.15, -0.1) is 0 Å². The van der Waals surface area contributed by atoms with Gasteiger partial charge < -0.3 is 19.8 Å². The number of methoxy groups -OCH3 is 2. The molecule has 1 amide bonds. The van der Waals surface area contributed by atoms with Crippen molar-refractivity contribution in [1.29, 1.82) is 0 Å². The van der Waals surface area contributed by atoms with Crippen molar-refractivity contribution in [3.63, 3.8) is 0 Å². The summed E-state index contributed by atoms with van der Waals surface area (Å²) in [5.41, 5.74) is 2.30. The minimum absolute atomic E-state index is 0.159. The molecular weight excluding hydrogens is 330 g/mol. The summed E-state index contributed by atoms with van der Waals surface area (Å²) in [6, 6.07) is 12.7. The number of ether oxygens (including phenoxy) is 2. The van der Waals surface area contributed by atoms with E-state index in [1.54, 1.807) is 32.4 Å². The van der Waals surface area contributed by atoms with Crippen LogP contribution < -0.4 is 14.8 Å². The fourth-order valence-electron chi connectivity index (χ4n) is 2.83. The van der Waals surface area contributed by atoms with Gasteiger partial charge in [0.05, 0.1) is 31.3 Å². The van der Waals surface area contributed by atoms with Gasteiger partial charge in [-0.1, -0.05) is 26.0 Å². The quantitative estimate of drug-likeness (QED) is 0.708. The summed E-state index contributed by atoms with van der Waals surface area (Å²) in [6.45, 7) is 4.09. The first-order valence-corrected chi connectivity index (χ1v) is 8.50. The first-order valence-electron chi connectivity index (χ1n) is 8.50. The van der Waals surface area contributed by atoms with Crippen LogP contribution in [0.15, 0.2) is 42.5 Å². The third-order valence-electron chi connectivity index (χ3n) is 4.27. The monoisotopic (exact) mass is 353 g/mol. The molecule has 1 heterocycles. The summed E-state index contributed by atoms with van der Waals surface area (Å²) < 4.78 is 10.5. The molecule has 2 aromatic carbocycles. The molecule has 0 spiro atoms. The highest BCUT2D eigenvalue weighted by Crippen LogP contribution is 2.25. The maximum atomic E-state index is 12.8. The summed E-state index contributed by atoms with van der Waals surface area (Å²) in [5.74, 6) is 1.83. The van der Waals surface area contributed by atoms with Gasteiger partial charge in [-0.3, -0.25) is 4.79 Å². The van der Waals surface area contributed by atoms with Gasteiger partial charge in [0.2, 0.25) is 0 Å². The number of H-pyrrole nitrogens is 1. The van der Waals surface area contributed by atoms with E-state index in [2.05, 4.69) is 15.3 Å². The number of nitrogens with one attached hydrogen (secondary N) is 2. The number of para-hydroxylation sites is 2. The maximum absolute atomic E-state index is 12.8. The van der Waals surface area contributed by atoms with Crippen LogP contribution in [0.25, 0.3) is 11.0 Å². The van der Waals surface area contributed by atoms with Gasteiger partial charge in [0.15, 0.2) is 0 Å². The zero-order chi connectivity index (χ0) is 18.7. The van der Waals surface area contributed by atoms with Crippen molar-refractivity contribution in [3.05, 3.63) is 53.9 Å². The van der Waals surface area contributed by atoms with E-state index in [9.17, 15) is 4.79 Å². The average Bonchev–Trinajstić information content (AvgIpc) is 3.08. The zero-order valence-corrected chi connectivity index (χ0v) is 15.4. The van der Waals surface area contributed by atoms with Gasteiger partial charge in [-0.05, 0) is 30.2 Å². The first-order chi connectivity index (χ1) is 12.5. The number of amides is 1. The van der Waals surface area contributed by atoms with Gasteiger partial charge >= 0.3 is 0 Å². The molecule has 0 saturated heterocycles. The molecule has 0 saturated carbocycles. The van der Waals surface area contributed by atoms with Crippen LogP contribution in [-0.4, -0.2) is 30.1 Å². The van der Waals surface area contributed by atoms with Crippen molar-refractivity contribution in [2.24, 2.45) is 5.92 Å². The molecule has 1 unspecified atom stereocenters. The van der Waals surface area contributed by atoms with Crippen LogP contribution in [0, 0.1) is 5.92 Å². The van der Waals surface area contributed by atoms with Crippen molar-refractivity contribution < 1.29 is 14.3 Å². The number of hydrogen-bond donors (Lipinski definition) is 2. The molecule has 136 valence electrons.